The van der Waals surface area contributed by atoms with Crippen LogP contribution in [-0.4, -0.2) is 73.3 Å². The first-order valence-corrected chi connectivity index (χ1v) is 8.09. The molecule has 1 aromatic rings. The molecule has 0 N–H and O–H groups in total. The van der Waals surface area contributed by atoms with Crippen molar-refractivity contribution in [3.63, 3.8) is 0 Å². The van der Waals surface area contributed by atoms with E-state index in [1.807, 2.05) is 25.7 Å². The van der Waals surface area contributed by atoms with Crippen LogP contribution in [0, 0.1) is 20.8 Å². The minimum atomic E-state index is 0.0395. The molecule has 128 valence electrons. The van der Waals surface area contributed by atoms with Gasteiger partial charge in [0.1, 0.15) is 11.5 Å². The number of aryl methyl sites for hydroxylation is 2. The molecule has 0 radical (unpaired) electrons. The topological polar surface area (TPSA) is 57.0 Å². The molecule has 0 aromatic carbocycles. The summed E-state index contributed by atoms with van der Waals surface area (Å²) in [7, 11) is 3.53. The zero-order valence-electron chi connectivity index (χ0n) is 14.8. The molecule has 0 atom stereocenters. The molecule has 1 aliphatic heterocycles. The average Bonchev–Trinajstić information content (AvgIpc) is 2.67. The molecular weight excluding hydrogens is 294 g/mol. The van der Waals surface area contributed by atoms with Gasteiger partial charge in [0.25, 0.3) is 5.91 Å². The van der Waals surface area contributed by atoms with Gasteiger partial charge in [0.05, 0.1) is 12.1 Å². The Labute approximate surface area is 138 Å². The number of rotatable bonds is 3. The summed E-state index contributed by atoms with van der Waals surface area (Å²) in [6.45, 7) is 8.99. The SMILES string of the molecule is Cc1oc(C)c(C(=O)N2CCCN(CC(=O)N(C)C)CC2)c1C. The van der Waals surface area contributed by atoms with Crippen LogP contribution in [0.1, 0.15) is 33.9 Å². The summed E-state index contributed by atoms with van der Waals surface area (Å²) < 4.78 is 5.58. The van der Waals surface area contributed by atoms with E-state index in [4.69, 9.17) is 4.42 Å². The van der Waals surface area contributed by atoms with Crippen molar-refractivity contribution in [3.05, 3.63) is 22.6 Å². The lowest BCUT2D eigenvalue weighted by molar-refractivity contribution is -0.129. The highest BCUT2D eigenvalue weighted by molar-refractivity contribution is 5.96. The van der Waals surface area contributed by atoms with Crippen LogP contribution >= 0.6 is 0 Å². The molecule has 1 saturated heterocycles. The number of carbonyl (C=O) groups is 2. The molecule has 6 heteroatoms. The maximum Gasteiger partial charge on any atom is 0.257 e. The van der Waals surface area contributed by atoms with Crippen molar-refractivity contribution in [1.29, 1.82) is 0 Å². The second-order valence-electron chi connectivity index (χ2n) is 6.42. The fourth-order valence-corrected chi connectivity index (χ4v) is 2.93. The van der Waals surface area contributed by atoms with Crippen molar-refractivity contribution in [2.45, 2.75) is 27.2 Å². The minimum Gasteiger partial charge on any atom is -0.466 e. The van der Waals surface area contributed by atoms with E-state index in [2.05, 4.69) is 4.90 Å². The highest BCUT2D eigenvalue weighted by atomic mass is 16.3. The van der Waals surface area contributed by atoms with Crippen LogP contribution in [0.5, 0.6) is 0 Å². The van der Waals surface area contributed by atoms with E-state index in [-0.39, 0.29) is 11.8 Å². The Morgan fingerprint density at radius 2 is 1.74 bits per heavy atom. The Hall–Kier alpha value is -1.82. The van der Waals surface area contributed by atoms with Gasteiger partial charge in [-0.15, -0.1) is 0 Å². The molecule has 2 rings (SSSR count). The summed E-state index contributed by atoms with van der Waals surface area (Å²) in [5, 5.41) is 0. The second kappa shape index (κ2) is 7.17. The lowest BCUT2D eigenvalue weighted by Gasteiger charge is -2.23. The number of amides is 2. The van der Waals surface area contributed by atoms with Gasteiger partial charge in [0.15, 0.2) is 0 Å². The van der Waals surface area contributed by atoms with Crippen LogP contribution in [0.3, 0.4) is 0 Å². The second-order valence-corrected chi connectivity index (χ2v) is 6.42. The molecule has 2 amide bonds. The quantitative estimate of drug-likeness (QED) is 0.845. The predicted octanol–water partition coefficient (Wildman–Crippen LogP) is 1.44. The third-order valence-corrected chi connectivity index (χ3v) is 4.51. The van der Waals surface area contributed by atoms with Gasteiger partial charge in [0, 0.05) is 45.8 Å². The van der Waals surface area contributed by atoms with Gasteiger partial charge in [-0.1, -0.05) is 0 Å². The third kappa shape index (κ3) is 3.93. The van der Waals surface area contributed by atoms with Crippen molar-refractivity contribution >= 4 is 11.8 Å². The summed E-state index contributed by atoms with van der Waals surface area (Å²) in [6, 6.07) is 0. The van der Waals surface area contributed by atoms with Crippen molar-refractivity contribution < 1.29 is 14.0 Å². The molecule has 1 fully saturated rings. The first-order chi connectivity index (χ1) is 10.8. The average molecular weight is 321 g/mol. The number of hydrogen-bond donors (Lipinski definition) is 0. The van der Waals surface area contributed by atoms with Gasteiger partial charge in [-0.05, 0) is 27.2 Å². The number of hydrogen-bond acceptors (Lipinski definition) is 4. The molecule has 1 aromatic heterocycles. The van der Waals surface area contributed by atoms with E-state index in [9.17, 15) is 9.59 Å². The Bertz CT molecular complexity index is 592. The van der Waals surface area contributed by atoms with Gasteiger partial charge in [-0.25, -0.2) is 0 Å². The van der Waals surface area contributed by atoms with Gasteiger partial charge in [-0.3, -0.25) is 14.5 Å². The van der Waals surface area contributed by atoms with E-state index in [1.165, 1.54) is 0 Å². The van der Waals surface area contributed by atoms with E-state index >= 15 is 0 Å². The Morgan fingerprint density at radius 3 is 2.30 bits per heavy atom. The van der Waals surface area contributed by atoms with Gasteiger partial charge in [0.2, 0.25) is 5.91 Å². The van der Waals surface area contributed by atoms with Crippen LogP contribution in [0.25, 0.3) is 0 Å². The summed E-state index contributed by atoms with van der Waals surface area (Å²) >= 11 is 0. The zero-order chi connectivity index (χ0) is 17.1. The van der Waals surface area contributed by atoms with Crippen molar-refractivity contribution in [3.8, 4) is 0 Å². The van der Waals surface area contributed by atoms with Gasteiger partial charge < -0.3 is 14.2 Å². The molecular formula is C17H27N3O3. The Balaban J connectivity index is 2.03. The lowest BCUT2D eigenvalue weighted by Crippen LogP contribution is -2.39. The standard InChI is InChI=1S/C17H27N3O3/c1-12-13(2)23-14(3)16(12)17(22)20-8-6-7-19(9-10-20)11-15(21)18(4)5/h6-11H2,1-5H3. The molecule has 1 aliphatic rings. The Kier molecular flexibility index (Phi) is 5.46. The summed E-state index contributed by atoms with van der Waals surface area (Å²) in [5.74, 6) is 1.63. The van der Waals surface area contributed by atoms with Crippen LogP contribution in [0.2, 0.25) is 0 Å². The maximum atomic E-state index is 12.8. The Morgan fingerprint density at radius 1 is 1.04 bits per heavy atom. The van der Waals surface area contributed by atoms with E-state index in [0.29, 0.717) is 31.0 Å². The van der Waals surface area contributed by atoms with Crippen LogP contribution in [0.4, 0.5) is 0 Å². The highest BCUT2D eigenvalue weighted by Gasteiger charge is 2.26. The van der Waals surface area contributed by atoms with Crippen LogP contribution < -0.4 is 0 Å². The van der Waals surface area contributed by atoms with Crippen molar-refractivity contribution in [2.24, 2.45) is 0 Å². The first-order valence-electron chi connectivity index (χ1n) is 8.09. The fraction of sp³-hybridized carbons (Fsp3) is 0.647. The summed E-state index contributed by atoms with van der Waals surface area (Å²) in [4.78, 5) is 30.3. The van der Waals surface area contributed by atoms with E-state index < -0.39 is 0 Å². The van der Waals surface area contributed by atoms with Crippen LogP contribution in [0.15, 0.2) is 4.42 Å². The molecule has 0 saturated carbocycles. The fourth-order valence-electron chi connectivity index (χ4n) is 2.93. The molecule has 0 spiro atoms. The van der Waals surface area contributed by atoms with Gasteiger partial charge in [-0.2, -0.15) is 0 Å². The number of likely N-dealkylation sites (N-methyl/N-ethyl adjacent to an activating group) is 1. The normalized spacial score (nSPS) is 16.3. The number of carbonyl (C=O) groups excluding carboxylic acids is 2. The van der Waals surface area contributed by atoms with Crippen LogP contribution in [-0.2, 0) is 4.79 Å². The molecule has 0 unspecified atom stereocenters. The molecule has 6 nitrogen and oxygen atoms in total. The van der Waals surface area contributed by atoms with Gasteiger partial charge >= 0.3 is 0 Å². The molecule has 0 bridgehead atoms. The number of nitrogens with zero attached hydrogens (tertiary/aromatic N) is 3. The minimum absolute atomic E-state index is 0.0395. The number of furan rings is 1. The van der Waals surface area contributed by atoms with E-state index in [0.717, 1.165) is 30.8 Å². The summed E-state index contributed by atoms with van der Waals surface area (Å²) in [5.41, 5.74) is 1.62. The smallest absolute Gasteiger partial charge is 0.257 e. The van der Waals surface area contributed by atoms with Crippen molar-refractivity contribution in [1.82, 2.24) is 14.7 Å². The maximum absolute atomic E-state index is 12.8. The molecule has 2 heterocycles. The monoisotopic (exact) mass is 321 g/mol. The third-order valence-electron chi connectivity index (χ3n) is 4.51. The van der Waals surface area contributed by atoms with Crippen molar-refractivity contribution in [2.75, 3.05) is 46.8 Å². The highest BCUT2D eigenvalue weighted by Crippen LogP contribution is 2.23. The zero-order valence-corrected chi connectivity index (χ0v) is 14.8. The largest absolute Gasteiger partial charge is 0.466 e. The summed E-state index contributed by atoms with van der Waals surface area (Å²) in [6.07, 6.45) is 0.876. The van der Waals surface area contributed by atoms with E-state index in [1.54, 1.807) is 19.0 Å². The predicted molar refractivity (Wildman–Crippen MR) is 88.6 cm³/mol. The first kappa shape index (κ1) is 17.5. The molecule has 0 aliphatic carbocycles. The molecule has 23 heavy (non-hydrogen) atoms. The lowest BCUT2D eigenvalue weighted by atomic mass is 10.1.